The maximum absolute atomic E-state index is 14.1. The summed E-state index contributed by atoms with van der Waals surface area (Å²) in [4.78, 5) is 18.3. The average molecular weight is 553 g/mol. The molecular weight excluding hydrogens is 515 g/mol. The summed E-state index contributed by atoms with van der Waals surface area (Å²) >= 11 is 0. The minimum Gasteiger partial charge on any atom is -0.378 e. The van der Waals surface area contributed by atoms with Crippen molar-refractivity contribution < 1.29 is 9.81 Å². The van der Waals surface area contributed by atoms with Crippen molar-refractivity contribution in [2.45, 2.75) is 19.1 Å². The van der Waals surface area contributed by atoms with E-state index in [4.69, 9.17) is 0 Å². The summed E-state index contributed by atoms with van der Waals surface area (Å²) < 4.78 is 3.43. The lowest BCUT2D eigenvalue weighted by molar-refractivity contribution is 0.124. The molecule has 0 radical (unpaired) electrons. The normalized spacial score (nSPS) is 12.3. The monoisotopic (exact) mass is 552 g/mol. The summed E-state index contributed by atoms with van der Waals surface area (Å²) in [6.07, 6.45) is 0. The second-order valence-electron chi connectivity index (χ2n) is 10.5. The van der Waals surface area contributed by atoms with Crippen LogP contribution in [0, 0.1) is 6.92 Å². The van der Waals surface area contributed by atoms with Crippen LogP contribution in [0.25, 0.3) is 5.69 Å². The molecule has 0 aliphatic rings. The van der Waals surface area contributed by atoms with E-state index < -0.39 is 5.60 Å². The maximum Gasteiger partial charge on any atom is 0.278 e. The molecule has 0 aliphatic carbocycles. The van der Waals surface area contributed by atoms with Crippen molar-refractivity contribution in [1.29, 1.82) is 0 Å². The van der Waals surface area contributed by atoms with Crippen LogP contribution in [0.1, 0.15) is 27.9 Å². The molecule has 0 saturated heterocycles. The lowest BCUT2D eigenvalue weighted by Crippen LogP contribution is -2.35. The van der Waals surface area contributed by atoms with E-state index in [-0.39, 0.29) is 10.3 Å². The topological polar surface area (TPSA) is 53.6 Å². The molecule has 1 N–H and O–H groups in total. The largest absolute Gasteiger partial charge is 0.378 e. The Morgan fingerprint density at radius 1 is 0.732 bits per heavy atom. The maximum atomic E-state index is 14.1. The van der Waals surface area contributed by atoms with E-state index in [1.807, 2.05) is 142 Å². The zero-order valence-corrected chi connectivity index (χ0v) is 24.2. The number of aliphatic hydroxyl groups is 1. The lowest BCUT2D eigenvalue weighted by Gasteiger charge is -2.30. The zero-order chi connectivity index (χ0) is 28.4. The predicted molar refractivity (Wildman–Crippen MR) is 166 cm³/mol. The summed E-state index contributed by atoms with van der Waals surface area (Å²) in [5.74, 6) is 0. The third-order valence-corrected chi connectivity index (χ3v) is 7.71. The summed E-state index contributed by atoms with van der Waals surface area (Å²) in [6.45, 7) is 2.65. The van der Waals surface area contributed by atoms with E-state index in [0.717, 1.165) is 23.6 Å². The Kier molecular flexibility index (Phi) is 8.49. The number of aromatic nitrogens is 2. The smallest absolute Gasteiger partial charge is 0.278 e. The summed E-state index contributed by atoms with van der Waals surface area (Å²) in [5.41, 5.74) is 4.36. The van der Waals surface area contributed by atoms with Crippen molar-refractivity contribution in [2.24, 2.45) is 7.05 Å². The van der Waals surface area contributed by atoms with E-state index in [0.29, 0.717) is 22.4 Å². The van der Waals surface area contributed by atoms with Crippen molar-refractivity contribution >= 4 is 11.4 Å². The Hall–Kier alpha value is -4.62. The van der Waals surface area contributed by atoms with Crippen LogP contribution in [-0.4, -0.2) is 35.6 Å². The van der Waals surface area contributed by atoms with Gasteiger partial charge in [0, 0.05) is 51.8 Å². The lowest BCUT2D eigenvalue weighted by atomic mass is 9.80. The van der Waals surface area contributed by atoms with Crippen LogP contribution in [0.2, 0.25) is 0 Å². The van der Waals surface area contributed by atoms with Gasteiger partial charge in [-0.15, -0.1) is 0 Å². The fraction of sp³-hybridized carbons (Fsp3) is 0.206. The first-order chi connectivity index (χ1) is 19.2. The van der Waals surface area contributed by atoms with E-state index in [1.54, 1.807) is 4.68 Å². The highest BCUT2D eigenvalue weighted by atomic mass is 19.0. The van der Waals surface area contributed by atoms with E-state index >= 15 is 0 Å². The van der Waals surface area contributed by atoms with Gasteiger partial charge in [-0.25, -0.2) is 4.68 Å². The van der Waals surface area contributed by atoms with E-state index in [9.17, 15) is 9.90 Å². The number of anilines is 2. The molecular formula is C34H37FN4O2. The van der Waals surface area contributed by atoms with Crippen molar-refractivity contribution in [2.75, 3.05) is 30.9 Å². The highest BCUT2D eigenvalue weighted by Crippen LogP contribution is 2.38. The van der Waals surface area contributed by atoms with Gasteiger partial charge in [0.1, 0.15) is 5.60 Å². The van der Waals surface area contributed by atoms with Gasteiger partial charge in [-0.2, -0.15) is 0 Å². The van der Waals surface area contributed by atoms with Gasteiger partial charge in [-0.3, -0.25) is 14.2 Å². The molecule has 5 aromatic rings. The van der Waals surface area contributed by atoms with Crippen molar-refractivity contribution in [3.63, 3.8) is 0 Å². The SMILES string of the molecule is Cc1c(C(O)(c2ccc(N(C)C)cc2)c2ccc(N(C)Cc3ccccc3)cc2)c(=O)n(-c2ccccc2)n1C.F. The molecule has 1 aromatic heterocycles. The molecule has 0 bridgehead atoms. The molecule has 0 amide bonds. The Labute approximate surface area is 240 Å². The van der Waals surface area contributed by atoms with Gasteiger partial charge in [0.05, 0.1) is 11.3 Å². The molecule has 0 fully saturated rings. The molecule has 1 heterocycles. The van der Waals surface area contributed by atoms with Crippen molar-refractivity contribution in [3.8, 4) is 5.69 Å². The number of benzene rings is 4. The Bertz CT molecular complexity index is 1640. The van der Waals surface area contributed by atoms with Gasteiger partial charge < -0.3 is 14.9 Å². The van der Waals surface area contributed by atoms with Gasteiger partial charge in [-0.05, 0) is 60.0 Å². The molecule has 7 heteroatoms. The van der Waals surface area contributed by atoms with E-state index in [2.05, 4.69) is 17.0 Å². The third kappa shape index (κ3) is 5.41. The second kappa shape index (κ2) is 11.9. The average Bonchev–Trinajstić information content (AvgIpc) is 3.21. The van der Waals surface area contributed by atoms with Crippen LogP contribution < -0.4 is 15.4 Å². The number of rotatable bonds is 8. The molecule has 212 valence electrons. The van der Waals surface area contributed by atoms with Gasteiger partial charge in [0.15, 0.2) is 0 Å². The Morgan fingerprint density at radius 2 is 1.22 bits per heavy atom. The number of nitrogens with zero attached hydrogens (tertiary/aromatic N) is 4. The first kappa shape index (κ1) is 29.4. The molecule has 5 rings (SSSR count). The Morgan fingerprint density at radius 3 is 1.73 bits per heavy atom. The van der Waals surface area contributed by atoms with Gasteiger partial charge >= 0.3 is 0 Å². The summed E-state index contributed by atoms with van der Waals surface area (Å²) in [7, 11) is 7.86. The molecule has 6 nitrogen and oxygen atoms in total. The third-order valence-electron chi connectivity index (χ3n) is 7.71. The van der Waals surface area contributed by atoms with Gasteiger partial charge in [0.2, 0.25) is 0 Å². The molecule has 0 aliphatic heterocycles. The van der Waals surface area contributed by atoms with Crippen LogP contribution in [0.4, 0.5) is 16.1 Å². The summed E-state index contributed by atoms with van der Waals surface area (Å²) in [6, 6.07) is 35.4. The first-order valence-corrected chi connectivity index (χ1v) is 13.4. The molecule has 0 spiro atoms. The van der Waals surface area contributed by atoms with Gasteiger partial charge in [-0.1, -0.05) is 72.8 Å². The van der Waals surface area contributed by atoms with Crippen molar-refractivity contribution in [3.05, 3.63) is 147 Å². The number of hydrogen-bond acceptors (Lipinski definition) is 4. The zero-order valence-electron chi connectivity index (χ0n) is 24.2. The molecule has 1 atom stereocenters. The molecule has 0 saturated carbocycles. The predicted octanol–water partition coefficient (Wildman–Crippen LogP) is 5.62. The van der Waals surface area contributed by atoms with Crippen LogP contribution in [0.5, 0.6) is 0 Å². The number of halogens is 1. The van der Waals surface area contributed by atoms with Crippen molar-refractivity contribution in [1.82, 2.24) is 9.36 Å². The van der Waals surface area contributed by atoms with Crippen LogP contribution in [-0.2, 0) is 19.2 Å². The highest BCUT2D eigenvalue weighted by Gasteiger charge is 2.40. The number of hydrogen-bond donors (Lipinski definition) is 1. The minimum atomic E-state index is -1.67. The minimum absolute atomic E-state index is 0. The quantitative estimate of drug-likeness (QED) is 0.271. The number of para-hydroxylation sites is 1. The van der Waals surface area contributed by atoms with Gasteiger partial charge in [0.25, 0.3) is 5.56 Å². The van der Waals surface area contributed by atoms with E-state index in [1.165, 1.54) is 5.56 Å². The van der Waals surface area contributed by atoms with Crippen LogP contribution in [0.15, 0.2) is 114 Å². The second-order valence-corrected chi connectivity index (χ2v) is 10.5. The van der Waals surface area contributed by atoms with Crippen LogP contribution in [0.3, 0.4) is 0 Å². The fourth-order valence-corrected chi connectivity index (χ4v) is 5.35. The molecule has 41 heavy (non-hydrogen) atoms. The highest BCUT2D eigenvalue weighted by molar-refractivity contribution is 5.56. The molecule has 4 aromatic carbocycles. The standard InChI is InChI=1S/C34H36N4O2.FH/c1-25-32(33(39)38(37(25)5)31-14-10-7-11-15-31)34(40,27-16-20-29(21-17-27)35(2)3)28-18-22-30(23-19-28)36(4)24-26-12-8-6-9-13-26;/h6-23,40H,24H2,1-5H3;1H. The fourth-order valence-electron chi connectivity index (χ4n) is 5.35. The first-order valence-electron chi connectivity index (χ1n) is 13.4. The Balaban J connectivity index is 0.00000387. The molecule has 1 unspecified atom stereocenters. The van der Waals surface area contributed by atoms with Crippen LogP contribution >= 0.6 is 0 Å². The summed E-state index contributed by atoms with van der Waals surface area (Å²) in [5, 5.41) is 12.7.